The molecule has 2 aromatic carbocycles. The standard InChI is InChI=1S/C19H17BrN4O/c1-23(2)13-21-19-17(12-25)18(14-8-10-15(20)11-9-14)22-24(19)16-6-4-3-5-7-16/h3-13H,1-2H3/b21-13+. The van der Waals surface area contributed by atoms with Crippen LogP contribution in [0, 0.1) is 0 Å². The predicted octanol–water partition coefficient (Wildman–Crippen LogP) is 4.34. The lowest BCUT2D eigenvalue weighted by Gasteiger charge is -2.06. The van der Waals surface area contributed by atoms with Crippen LogP contribution in [-0.2, 0) is 0 Å². The molecule has 0 N–H and O–H groups in total. The number of aldehydes is 1. The fourth-order valence-electron chi connectivity index (χ4n) is 2.39. The summed E-state index contributed by atoms with van der Waals surface area (Å²) in [7, 11) is 3.76. The van der Waals surface area contributed by atoms with Crippen LogP contribution < -0.4 is 0 Å². The molecule has 126 valence electrons. The normalized spacial score (nSPS) is 11.0. The first-order valence-electron chi connectivity index (χ1n) is 7.70. The van der Waals surface area contributed by atoms with Crippen molar-refractivity contribution in [3.05, 3.63) is 64.6 Å². The number of halogens is 1. The molecule has 0 bridgehead atoms. The Balaban J connectivity index is 2.23. The van der Waals surface area contributed by atoms with Gasteiger partial charge in [-0.2, -0.15) is 5.10 Å². The third-order valence-electron chi connectivity index (χ3n) is 3.54. The number of aromatic nitrogens is 2. The molecule has 1 aromatic heterocycles. The first-order chi connectivity index (χ1) is 12.1. The van der Waals surface area contributed by atoms with Crippen LogP contribution in [0.2, 0.25) is 0 Å². The largest absolute Gasteiger partial charge is 0.369 e. The fourth-order valence-corrected chi connectivity index (χ4v) is 2.66. The minimum Gasteiger partial charge on any atom is -0.369 e. The Kier molecular flexibility index (Phi) is 5.09. The van der Waals surface area contributed by atoms with Crippen LogP contribution in [0.3, 0.4) is 0 Å². The molecule has 0 radical (unpaired) electrons. The number of hydrogen-bond acceptors (Lipinski definition) is 3. The van der Waals surface area contributed by atoms with Crippen molar-refractivity contribution >= 4 is 34.4 Å². The van der Waals surface area contributed by atoms with Gasteiger partial charge in [0.1, 0.15) is 5.69 Å². The zero-order chi connectivity index (χ0) is 17.8. The Morgan fingerprint density at radius 3 is 2.36 bits per heavy atom. The summed E-state index contributed by atoms with van der Waals surface area (Å²) < 4.78 is 2.67. The maximum absolute atomic E-state index is 11.8. The van der Waals surface area contributed by atoms with Crippen LogP contribution in [0.4, 0.5) is 5.82 Å². The summed E-state index contributed by atoms with van der Waals surface area (Å²) in [4.78, 5) is 18.1. The van der Waals surface area contributed by atoms with E-state index in [2.05, 4.69) is 26.0 Å². The summed E-state index contributed by atoms with van der Waals surface area (Å²) in [5, 5.41) is 4.67. The maximum atomic E-state index is 11.8. The lowest BCUT2D eigenvalue weighted by Crippen LogP contribution is -2.07. The average molecular weight is 397 g/mol. The number of benzene rings is 2. The van der Waals surface area contributed by atoms with Gasteiger partial charge in [-0.25, -0.2) is 9.67 Å². The minimum absolute atomic E-state index is 0.462. The summed E-state index contributed by atoms with van der Waals surface area (Å²) >= 11 is 3.43. The smallest absolute Gasteiger partial charge is 0.168 e. The van der Waals surface area contributed by atoms with E-state index in [0.717, 1.165) is 22.0 Å². The fraction of sp³-hybridized carbons (Fsp3) is 0.105. The third-order valence-corrected chi connectivity index (χ3v) is 4.07. The van der Waals surface area contributed by atoms with Gasteiger partial charge in [0.15, 0.2) is 12.1 Å². The molecule has 0 aliphatic rings. The van der Waals surface area contributed by atoms with Crippen LogP contribution in [-0.4, -0.2) is 41.4 Å². The van der Waals surface area contributed by atoms with E-state index in [4.69, 9.17) is 0 Å². The molecule has 6 heteroatoms. The monoisotopic (exact) mass is 396 g/mol. The van der Waals surface area contributed by atoms with Gasteiger partial charge in [-0.3, -0.25) is 4.79 Å². The second kappa shape index (κ2) is 7.44. The van der Waals surface area contributed by atoms with Gasteiger partial charge in [-0.1, -0.05) is 46.3 Å². The van der Waals surface area contributed by atoms with Crippen molar-refractivity contribution in [2.75, 3.05) is 14.1 Å². The van der Waals surface area contributed by atoms with Crippen molar-refractivity contribution in [2.24, 2.45) is 4.99 Å². The van der Waals surface area contributed by atoms with Gasteiger partial charge in [-0.15, -0.1) is 0 Å². The maximum Gasteiger partial charge on any atom is 0.168 e. The number of nitrogens with zero attached hydrogens (tertiary/aromatic N) is 4. The van der Waals surface area contributed by atoms with Gasteiger partial charge < -0.3 is 4.90 Å². The minimum atomic E-state index is 0.462. The second-order valence-electron chi connectivity index (χ2n) is 5.67. The molecule has 0 saturated carbocycles. The summed E-state index contributed by atoms with van der Waals surface area (Å²) in [6, 6.07) is 17.4. The molecule has 0 atom stereocenters. The number of aliphatic imine (C=N–C) groups is 1. The third kappa shape index (κ3) is 3.69. The van der Waals surface area contributed by atoms with Crippen LogP contribution in [0.1, 0.15) is 10.4 Å². The predicted molar refractivity (Wildman–Crippen MR) is 104 cm³/mol. The zero-order valence-corrected chi connectivity index (χ0v) is 15.5. The summed E-state index contributed by atoms with van der Waals surface area (Å²) in [5.41, 5.74) is 2.78. The van der Waals surface area contributed by atoms with E-state index in [1.54, 1.807) is 11.0 Å². The molecular formula is C19H17BrN4O. The molecule has 3 rings (SSSR count). The number of rotatable bonds is 5. The van der Waals surface area contributed by atoms with Crippen LogP contribution in [0.5, 0.6) is 0 Å². The number of para-hydroxylation sites is 1. The quantitative estimate of drug-likeness (QED) is 0.366. The first-order valence-corrected chi connectivity index (χ1v) is 8.49. The summed E-state index contributed by atoms with van der Waals surface area (Å²) in [6.45, 7) is 0. The lowest BCUT2D eigenvalue weighted by atomic mass is 10.1. The summed E-state index contributed by atoms with van der Waals surface area (Å²) in [5.74, 6) is 0.507. The van der Waals surface area contributed by atoms with Crippen molar-refractivity contribution in [1.82, 2.24) is 14.7 Å². The van der Waals surface area contributed by atoms with Crippen molar-refractivity contribution in [3.8, 4) is 16.9 Å². The lowest BCUT2D eigenvalue weighted by molar-refractivity contribution is 0.112. The van der Waals surface area contributed by atoms with Crippen molar-refractivity contribution < 1.29 is 4.79 Å². The Labute approximate surface area is 154 Å². The van der Waals surface area contributed by atoms with Crippen LogP contribution in [0.15, 0.2) is 64.1 Å². The molecule has 25 heavy (non-hydrogen) atoms. The highest BCUT2D eigenvalue weighted by Crippen LogP contribution is 2.32. The van der Waals surface area contributed by atoms with Crippen molar-refractivity contribution in [2.45, 2.75) is 0 Å². The van der Waals surface area contributed by atoms with Crippen LogP contribution in [0.25, 0.3) is 16.9 Å². The van der Waals surface area contributed by atoms with Gasteiger partial charge >= 0.3 is 0 Å². The Bertz CT molecular complexity index is 899. The molecule has 0 unspecified atom stereocenters. The van der Waals surface area contributed by atoms with E-state index in [9.17, 15) is 4.79 Å². The highest BCUT2D eigenvalue weighted by Gasteiger charge is 2.19. The van der Waals surface area contributed by atoms with Crippen molar-refractivity contribution in [1.29, 1.82) is 0 Å². The topological polar surface area (TPSA) is 50.5 Å². The van der Waals surface area contributed by atoms with Gasteiger partial charge in [0.25, 0.3) is 0 Å². The van der Waals surface area contributed by atoms with Crippen molar-refractivity contribution in [3.63, 3.8) is 0 Å². The van der Waals surface area contributed by atoms with Gasteiger partial charge in [0.05, 0.1) is 17.6 Å². The number of carbonyl (C=O) groups is 1. The highest BCUT2D eigenvalue weighted by molar-refractivity contribution is 9.10. The first kappa shape index (κ1) is 17.1. The van der Waals surface area contributed by atoms with Crippen LogP contribution >= 0.6 is 15.9 Å². The molecule has 5 nitrogen and oxygen atoms in total. The second-order valence-corrected chi connectivity index (χ2v) is 6.58. The Morgan fingerprint density at radius 2 is 1.76 bits per heavy atom. The number of carbonyl (C=O) groups excluding carboxylic acids is 1. The SMILES string of the molecule is CN(C)/C=N/c1c(C=O)c(-c2ccc(Br)cc2)nn1-c1ccccc1. The van der Waals surface area contributed by atoms with Gasteiger partial charge in [-0.05, 0) is 24.3 Å². The Morgan fingerprint density at radius 1 is 1.08 bits per heavy atom. The van der Waals surface area contributed by atoms with Gasteiger partial charge in [0.2, 0.25) is 0 Å². The molecule has 0 aliphatic carbocycles. The van der Waals surface area contributed by atoms with E-state index in [-0.39, 0.29) is 0 Å². The highest BCUT2D eigenvalue weighted by atomic mass is 79.9. The molecule has 0 amide bonds. The van der Waals surface area contributed by atoms with E-state index >= 15 is 0 Å². The van der Waals surface area contributed by atoms with E-state index < -0.39 is 0 Å². The van der Waals surface area contributed by atoms with E-state index in [1.165, 1.54) is 0 Å². The molecule has 0 spiro atoms. The number of hydrogen-bond donors (Lipinski definition) is 0. The molecule has 0 saturated heterocycles. The molecule has 1 heterocycles. The molecule has 3 aromatic rings. The molecule has 0 fully saturated rings. The van der Waals surface area contributed by atoms with E-state index in [1.807, 2.05) is 73.6 Å². The molecular weight excluding hydrogens is 380 g/mol. The average Bonchev–Trinajstić information content (AvgIpc) is 2.99. The van der Waals surface area contributed by atoms with E-state index in [0.29, 0.717) is 17.1 Å². The van der Waals surface area contributed by atoms with Gasteiger partial charge in [0, 0.05) is 24.1 Å². The summed E-state index contributed by atoms with van der Waals surface area (Å²) in [6.07, 6.45) is 2.47. The zero-order valence-electron chi connectivity index (χ0n) is 13.9. The Hall–Kier alpha value is -2.73. The molecule has 0 aliphatic heterocycles.